The second-order valence-electron chi connectivity index (χ2n) is 7.53. The number of hydrogen-bond donors (Lipinski definition) is 1. The predicted molar refractivity (Wildman–Crippen MR) is 88.8 cm³/mol. The maximum atomic E-state index is 10.5. The number of methoxy groups -OCH3 is 1. The Morgan fingerprint density at radius 2 is 1.78 bits per heavy atom. The molecule has 3 aliphatic rings. The smallest absolute Gasteiger partial charge is 0.161 e. The maximum absolute atomic E-state index is 10.5. The van der Waals surface area contributed by atoms with Crippen molar-refractivity contribution < 1.29 is 14.6 Å². The SMILES string of the molecule is COc1ccccc1O[C@@H]1C[C@@H]2CN(CC3CC3)C[C@@H]2C[C@H]1O. The number of nitrogens with zero attached hydrogens (tertiary/aromatic N) is 1. The van der Waals surface area contributed by atoms with Gasteiger partial charge in [-0.05, 0) is 55.6 Å². The van der Waals surface area contributed by atoms with Crippen molar-refractivity contribution in [1.82, 2.24) is 4.90 Å². The van der Waals surface area contributed by atoms with Crippen molar-refractivity contribution in [3.8, 4) is 11.5 Å². The van der Waals surface area contributed by atoms with E-state index in [1.54, 1.807) is 7.11 Å². The number of para-hydroxylation sites is 2. The van der Waals surface area contributed by atoms with E-state index in [2.05, 4.69) is 4.90 Å². The Morgan fingerprint density at radius 3 is 2.48 bits per heavy atom. The van der Waals surface area contributed by atoms with Crippen LogP contribution in [0, 0.1) is 17.8 Å². The van der Waals surface area contributed by atoms with Crippen molar-refractivity contribution >= 4 is 0 Å². The second-order valence-corrected chi connectivity index (χ2v) is 7.53. The number of benzene rings is 1. The average molecular weight is 317 g/mol. The summed E-state index contributed by atoms with van der Waals surface area (Å²) in [5.41, 5.74) is 0. The molecule has 0 unspecified atom stereocenters. The topological polar surface area (TPSA) is 41.9 Å². The highest BCUT2D eigenvalue weighted by Gasteiger charge is 2.43. The fourth-order valence-corrected chi connectivity index (χ4v) is 4.31. The molecule has 4 heteroatoms. The summed E-state index contributed by atoms with van der Waals surface area (Å²) >= 11 is 0. The zero-order valence-corrected chi connectivity index (χ0v) is 13.9. The molecule has 4 nitrogen and oxygen atoms in total. The second kappa shape index (κ2) is 6.33. The number of likely N-dealkylation sites (tertiary alicyclic amines) is 1. The van der Waals surface area contributed by atoms with Crippen LogP contribution in [0.5, 0.6) is 11.5 Å². The monoisotopic (exact) mass is 317 g/mol. The van der Waals surface area contributed by atoms with Gasteiger partial charge < -0.3 is 19.5 Å². The fourth-order valence-electron chi connectivity index (χ4n) is 4.31. The molecule has 0 aromatic heterocycles. The van der Waals surface area contributed by atoms with Crippen LogP contribution in [0.25, 0.3) is 0 Å². The Bertz CT molecular complexity index is 545. The summed E-state index contributed by atoms with van der Waals surface area (Å²) in [6, 6.07) is 7.71. The summed E-state index contributed by atoms with van der Waals surface area (Å²) in [5, 5.41) is 10.5. The van der Waals surface area contributed by atoms with E-state index in [1.807, 2.05) is 24.3 Å². The van der Waals surface area contributed by atoms with E-state index in [-0.39, 0.29) is 12.2 Å². The van der Waals surface area contributed by atoms with Gasteiger partial charge in [-0.2, -0.15) is 0 Å². The minimum Gasteiger partial charge on any atom is -0.493 e. The Balaban J connectivity index is 1.40. The van der Waals surface area contributed by atoms with Gasteiger partial charge in [-0.15, -0.1) is 0 Å². The van der Waals surface area contributed by atoms with Gasteiger partial charge >= 0.3 is 0 Å². The van der Waals surface area contributed by atoms with Crippen molar-refractivity contribution in [3.63, 3.8) is 0 Å². The summed E-state index contributed by atoms with van der Waals surface area (Å²) < 4.78 is 11.5. The average Bonchev–Trinajstić information content (AvgIpc) is 3.27. The summed E-state index contributed by atoms with van der Waals surface area (Å²) in [4.78, 5) is 2.62. The molecule has 1 aliphatic heterocycles. The summed E-state index contributed by atoms with van der Waals surface area (Å²) in [6.07, 6.45) is 4.15. The summed E-state index contributed by atoms with van der Waals surface area (Å²) in [6.45, 7) is 3.61. The molecular weight excluding hydrogens is 290 g/mol. The van der Waals surface area contributed by atoms with Gasteiger partial charge in [0, 0.05) is 19.6 Å². The van der Waals surface area contributed by atoms with E-state index in [4.69, 9.17) is 9.47 Å². The van der Waals surface area contributed by atoms with Gasteiger partial charge in [-0.3, -0.25) is 0 Å². The van der Waals surface area contributed by atoms with Crippen LogP contribution in [0.3, 0.4) is 0 Å². The minimum absolute atomic E-state index is 0.117. The molecule has 0 radical (unpaired) electrons. The van der Waals surface area contributed by atoms with Crippen LogP contribution < -0.4 is 9.47 Å². The molecular formula is C19H27NO3. The van der Waals surface area contributed by atoms with Gasteiger partial charge in [-0.25, -0.2) is 0 Å². The third-order valence-corrected chi connectivity index (χ3v) is 5.72. The molecule has 4 rings (SSSR count). The Morgan fingerprint density at radius 1 is 1.09 bits per heavy atom. The van der Waals surface area contributed by atoms with Gasteiger partial charge in [0.2, 0.25) is 0 Å². The third kappa shape index (κ3) is 3.33. The lowest BCUT2D eigenvalue weighted by atomic mass is 9.78. The van der Waals surface area contributed by atoms with Crippen LogP contribution >= 0.6 is 0 Å². The number of rotatable bonds is 5. The molecule has 1 saturated heterocycles. The first-order valence-electron chi connectivity index (χ1n) is 8.93. The van der Waals surface area contributed by atoms with E-state index in [9.17, 15) is 5.11 Å². The van der Waals surface area contributed by atoms with E-state index in [0.29, 0.717) is 11.8 Å². The molecule has 4 atom stereocenters. The molecule has 1 aromatic carbocycles. The predicted octanol–water partition coefficient (Wildman–Crippen LogP) is 2.56. The van der Waals surface area contributed by atoms with Crippen LogP contribution in [0.1, 0.15) is 25.7 Å². The largest absolute Gasteiger partial charge is 0.493 e. The lowest BCUT2D eigenvalue weighted by Crippen LogP contribution is -2.42. The Labute approximate surface area is 138 Å². The highest BCUT2D eigenvalue weighted by atomic mass is 16.5. The molecule has 3 fully saturated rings. The van der Waals surface area contributed by atoms with E-state index >= 15 is 0 Å². The molecule has 0 amide bonds. The number of fused-ring (bicyclic) bond motifs is 1. The lowest BCUT2D eigenvalue weighted by Gasteiger charge is -2.35. The quantitative estimate of drug-likeness (QED) is 0.906. The molecule has 0 spiro atoms. The highest BCUT2D eigenvalue weighted by Crippen LogP contribution is 2.40. The van der Waals surface area contributed by atoms with Crippen LogP contribution in [-0.4, -0.2) is 49.0 Å². The standard InChI is InChI=1S/C19H27NO3/c1-22-17-4-2-3-5-18(17)23-19-9-15-12-20(10-13-6-7-13)11-14(15)8-16(19)21/h2-5,13-16,19,21H,6-12H2,1H3/t14-,15+,16+,19+/m0/s1. The van der Waals surface area contributed by atoms with Crippen molar-refractivity contribution in [2.24, 2.45) is 17.8 Å². The fraction of sp³-hybridized carbons (Fsp3) is 0.684. The van der Waals surface area contributed by atoms with Gasteiger partial charge in [0.15, 0.2) is 11.5 Å². The molecule has 1 heterocycles. The molecule has 1 aromatic rings. The molecule has 2 aliphatic carbocycles. The van der Waals surface area contributed by atoms with Crippen molar-refractivity contribution in [3.05, 3.63) is 24.3 Å². The first kappa shape index (κ1) is 15.3. The van der Waals surface area contributed by atoms with Crippen LogP contribution in [0.4, 0.5) is 0 Å². The zero-order valence-electron chi connectivity index (χ0n) is 13.9. The molecule has 2 saturated carbocycles. The van der Waals surface area contributed by atoms with Crippen LogP contribution in [-0.2, 0) is 0 Å². The van der Waals surface area contributed by atoms with Gasteiger partial charge in [0.05, 0.1) is 13.2 Å². The van der Waals surface area contributed by atoms with Gasteiger partial charge in [-0.1, -0.05) is 12.1 Å². The first-order chi connectivity index (χ1) is 11.2. The van der Waals surface area contributed by atoms with Crippen LogP contribution in [0.2, 0.25) is 0 Å². The zero-order chi connectivity index (χ0) is 15.8. The molecule has 0 bridgehead atoms. The minimum atomic E-state index is -0.373. The van der Waals surface area contributed by atoms with E-state index < -0.39 is 0 Å². The van der Waals surface area contributed by atoms with Gasteiger partial charge in [0.1, 0.15) is 6.10 Å². The van der Waals surface area contributed by atoms with E-state index in [1.165, 1.54) is 32.5 Å². The van der Waals surface area contributed by atoms with Crippen molar-refractivity contribution in [1.29, 1.82) is 0 Å². The number of hydrogen-bond acceptors (Lipinski definition) is 4. The Kier molecular flexibility index (Phi) is 4.20. The molecule has 126 valence electrons. The van der Waals surface area contributed by atoms with Gasteiger partial charge in [0.25, 0.3) is 0 Å². The van der Waals surface area contributed by atoms with Crippen molar-refractivity contribution in [2.45, 2.75) is 37.9 Å². The highest BCUT2D eigenvalue weighted by molar-refractivity contribution is 5.39. The molecule has 1 N–H and O–H groups in total. The maximum Gasteiger partial charge on any atom is 0.161 e. The normalized spacial score (nSPS) is 34.2. The van der Waals surface area contributed by atoms with Crippen molar-refractivity contribution in [2.75, 3.05) is 26.7 Å². The Hall–Kier alpha value is -1.26. The number of ether oxygens (including phenoxy) is 2. The summed E-state index contributed by atoms with van der Waals surface area (Å²) in [7, 11) is 1.66. The number of aliphatic hydroxyl groups is 1. The van der Waals surface area contributed by atoms with Crippen LogP contribution in [0.15, 0.2) is 24.3 Å². The first-order valence-corrected chi connectivity index (χ1v) is 8.93. The third-order valence-electron chi connectivity index (χ3n) is 5.72. The number of aliphatic hydroxyl groups excluding tert-OH is 1. The molecule has 23 heavy (non-hydrogen) atoms. The summed E-state index contributed by atoms with van der Waals surface area (Å²) in [5.74, 6) is 3.73. The lowest BCUT2D eigenvalue weighted by molar-refractivity contribution is -0.0240. The van der Waals surface area contributed by atoms with E-state index in [0.717, 1.165) is 30.3 Å².